The van der Waals surface area contributed by atoms with E-state index in [1.165, 1.54) is 0 Å². The zero-order valence-corrected chi connectivity index (χ0v) is 12.7. The van der Waals surface area contributed by atoms with Crippen LogP contribution in [-0.2, 0) is 0 Å². The standard InChI is InChI=1S/C16H18N2O2S/c1-19-14-3-2-4-15(11-14)21-10-9-20-13-7-5-12(6-8-13)16(17)18/h2-8,11H,9-10H2,1H3,(H3,17,18). The number of benzene rings is 2. The fraction of sp³-hybridized carbons (Fsp3) is 0.188. The number of rotatable bonds is 7. The molecular weight excluding hydrogens is 284 g/mol. The van der Waals surface area contributed by atoms with Crippen LogP contribution in [0.5, 0.6) is 11.5 Å². The van der Waals surface area contributed by atoms with Gasteiger partial charge in [0.1, 0.15) is 17.3 Å². The molecule has 0 saturated carbocycles. The van der Waals surface area contributed by atoms with Gasteiger partial charge in [-0.3, -0.25) is 5.41 Å². The molecule has 2 rings (SSSR count). The quantitative estimate of drug-likeness (QED) is 0.357. The molecule has 0 amide bonds. The van der Waals surface area contributed by atoms with Crippen molar-refractivity contribution in [2.75, 3.05) is 19.5 Å². The summed E-state index contributed by atoms with van der Waals surface area (Å²) in [6.45, 7) is 0.612. The average Bonchev–Trinajstić information content (AvgIpc) is 2.52. The molecule has 110 valence electrons. The molecule has 0 atom stereocenters. The van der Waals surface area contributed by atoms with Crippen molar-refractivity contribution in [1.29, 1.82) is 5.41 Å². The molecule has 0 fully saturated rings. The topological polar surface area (TPSA) is 68.3 Å². The molecule has 0 aliphatic rings. The number of hydrogen-bond donors (Lipinski definition) is 2. The van der Waals surface area contributed by atoms with Gasteiger partial charge in [-0.2, -0.15) is 0 Å². The van der Waals surface area contributed by atoms with E-state index in [0.29, 0.717) is 12.2 Å². The largest absolute Gasteiger partial charge is 0.497 e. The van der Waals surface area contributed by atoms with Gasteiger partial charge < -0.3 is 15.2 Å². The van der Waals surface area contributed by atoms with Gasteiger partial charge in [-0.1, -0.05) is 6.07 Å². The van der Waals surface area contributed by atoms with E-state index in [2.05, 4.69) is 6.07 Å². The first-order valence-electron chi connectivity index (χ1n) is 6.53. The molecule has 0 saturated heterocycles. The lowest BCUT2D eigenvalue weighted by atomic mass is 10.2. The normalized spacial score (nSPS) is 10.1. The van der Waals surface area contributed by atoms with Crippen molar-refractivity contribution in [1.82, 2.24) is 0 Å². The molecule has 0 heterocycles. The van der Waals surface area contributed by atoms with Gasteiger partial charge in [-0.15, -0.1) is 11.8 Å². The monoisotopic (exact) mass is 302 g/mol. The Balaban J connectivity index is 1.77. The number of methoxy groups -OCH3 is 1. The third-order valence-corrected chi connectivity index (χ3v) is 3.79. The van der Waals surface area contributed by atoms with Crippen LogP contribution in [0.1, 0.15) is 5.56 Å². The lowest BCUT2D eigenvalue weighted by Crippen LogP contribution is -2.10. The van der Waals surface area contributed by atoms with Gasteiger partial charge in [0, 0.05) is 16.2 Å². The van der Waals surface area contributed by atoms with Gasteiger partial charge in [0.15, 0.2) is 0 Å². The Morgan fingerprint density at radius 1 is 1.14 bits per heavy atom. The van der Waals surface area contributed by atoms with Crippen LogP contribution in [0.3, 0.4) is 0 Å². The van der Waals surface area contributed by atoms with Crippen molar-refractivity contribution in [3.8, 4) is 11.5 Å². The SMILES string of the molecule is COc1cccc(SCCOc2ccc(C(=N)N)cc2)c1. The molecule has 0 bridgehead atoms. The van der Waals surface area contributed by atoms with Gasteiger partial charge in [0.2, 0.25) is 0 Å². The Labute approximate surface area is 128 Å². The molecule has 0 aliphatic carbocycles. The van der Waals surface area contributed by atoms with Crippen molar-refractivity contribution in [2.24, 2.45) is 5.73 Å². The van der Waals surface area contributed by atoms with Gasteiger partial charge in [0.05, 0.1) is 13.7 Å². The minimum atomic E-state index is 0.0649. The van der Waals surface area contributed by atoms with Crippen LogP contribution < -0.4 is 15.2 Å². The fourth-order valence-corrected chi connectivity index (χ4v) is 2.52. The summed E-state index contributed by atoms with van der Waals surface area (Å²) in [5.41, 5.74) is 6.10. The van der Waals surface area contributed by atoms with Crippen molar-refractivity contribution in [3.05, 3.63) is 54.1 Å². The predicted molar refractivity (Wildman–Crippen MR) is 86.7 cm³/mol. The molecule has 21 heavy (non-hydrogen) atoms. The lowest BCUT2D eigenvalue weighted by molar-refractivity contribution is 0.344. The highest BCUT2D eigenvalue weighted by Gasteiger charge is 1.99. The molecule has 3 N–H and O–H groups in total. The zero-order valence-electron chi connectivity index (χ0n) is 11.8. The molecule has 0 unspecified atom stereocenters. The number of nitrogen functional groups attached to an aromatic ring is 1. The smallest absolute Gasteiger partial charge is 0.122 e. The van der Waals surface area contributed by atoms with E-state index >= 15 is 0 Å². The molecular formula is C16H18N2O2S. The van der Waals surface area contributed by atoms with Crippen LogP contribution in [0, 0.1) is 5.41 Å². The summed E-state index contributed by atoms with van der Waals surface area (Å²) < 4.78 is 10.8. The number of nitrogens with one attached hydrogen (secondary N) is 1. The first-order chi connectivity index (χ1) is 10.2. The van der Waals surface area contributed by atoms with E-state index in [1.807, 2.05) is 30.3 Å². The maximum Gasteiger partial charge on any atom is 0.122 e. The number of hydrogen-bond acceptors (Lipinski definition) is 4. The van der Waals surface area contributed by atoms with E-state index in [1.54, 1.807) is 31.0 Å². The summed E-state index contributed by atoms with van der Waals surface area (Å²) in [7, 11) is 1.66. The third-order valence-electron chi connectivity index (χ3n) is 2.83. The predicted octanol–water partition coefficient (Wildman–Crippen LogP) is 3.15. The second-order valence-electron chi connectivity index (χ2n) is 4.31. The van der Waals surface area contributed by atoms with E-state index in [9.17, 15) is 0 Å². The van der Waals surface area contributed by atoms with Crippen LogP contribution in [0.25, 0.3) is 0 Å². The van der Waals surface area contributed by atoms with Gasteiger partial charge in [0.25, 0.3) is 0 Å². The van der Waals surface area contributed by atoms with Crippen LogP contribution in [0.2, 0.25) is 0 Å². The summed E-state index contributed by atoms with van der Waals surface area (Å²) in [6, 6.07) is 15.2. The minimum Gasteiger partial charge on any atom is -0.497 e. The Morgan fingerprint density at radius 2 is 1.90 bits per heavy atom. The number of thioether (sulfide) groups is 1. The minimum absolute atomic E-state index is 0.0649. The second-order valence-corrected chi connectivity index (χ2v) is 5.48. The molecule has 2 aromatic rings. The van der Waals surface area contributed by atoms with Gasteiger partial charge in [-0.25, -0.2) is 0 Å². The van der Waals surface area contributed by atoms with Crippen LogP contribution in [0.15, 0.2) is 53.4 Å². The molecule has 5 heteroatoms. The Kier molecular flexibility index (Phi) is 5.51. The zero-order chi connectivity index (χ0) is 15.1. The first-order valence-corrected chi connectivity index (χ1v) is 7.51. The fourth-order valence-electron chi connectivity index (χ4n) is 1.74. The Hall–Kier alpha value is -2.14. The van der Waals surface area contributed by atoms with Crippen LogP contribution >= 0.6 is 11.8 Å². The highest BCUT2D eigenvalue weighted by molar-refractivity contribution is 7.99. The lowest BCUT2D eigenvalue weighted by Gasteiger charge is -2.07. The van der Waals surface area contributed by atoms with Crippen molar-refractivity contribution < 1.29 is 9.47 Å². The molecule has 0 aliphatic heterocycles. The van der Waals surface area contributed by atoms with Crippen molar-refractivity contribution in [2.45, 2.75) is 4.90 Å². The Bertz CT molecular complexity index is 599. The van der Waals surface area contributed by atoms with Crippen molar-refractivity contribution in [3.63, 3.8) is 0 Å². The summed E-state index contributed by atoms with van der Waals surface area (Å²) in [4.78, 5) is 1.16. The molecule has 0 aromatic heterocycles. The van der Waals surface area contributed by atoms with E-state index in [-0.39, 0.29) is 5.84 Å². The second kappa shape index (κ2) is 7.59. The average molecular weight is 302 g/mol. The summed E-state index contributed by atoms with van der Waals surface area (Å²) in [5, 5.41) is 7.33. The maximum absolute atomic E-state index is 7.33. The van der Waals surface area contributed by atoms with Crippen LogP contribution in [0.4, 0.5) is 0 Å². The van der Waals surface area contributed by atoms with Crippen LogP contribution in [-0.4, -0.2) is 25.3 Å². The number of ether oxygens (including phenoxy) is 2. The Morgan fingerprint density at radius 3 is 2.57 bits per heavy atom. The molecule has 0 spiro atoms. The van der Waals surface area contributed by atoms with E-state index in [4.69, 9.17) is 20.6 Å². The number of amidine groups is 1. The summed E-state index contributed by atoms with van der Waals surface area (Å²) >= 11 is 1.72. The van der Waals surface area contributed by atoms with E-state index < -0.39 is 0 Å². The summed E-state index contributed by atoms with van der Waals surface area (Å²) in [6.07, 6.45) is 0. The molecule has 2 aromatic carbocycles. The number of nitrogens with two attached hydrogens (primary N) is 1. The van der Waals surface area contributed by atoms with Gasteiger partial charge >= 0.3 is 0 Å². The summed E-state index contributed by atoms with van der Waals surface area (Å²) in [5.74, 6) is 2.56. The van der Waals surface area contributed by atoms with Crippen molar-refractivity contribution >= 4 is 17.6 Å². The third kappa shape index (κ3) is 4.72. The molecule has 4 nitrogen and oxygen atoms in total. The maximum atomic E-state index is 7.33. The van der Waals surface area contributed by atoms with Gasteiger partial charge in [-0.05, 0) is 42.5 Å². The first kappa shape index (κ1) is 15.3. The highest BCUT2D eigenvalue weighted by atomic mass is 32.2. The highest BCUT2D eigenvalue weighted by Crippen LogP contribution is 2.22. The molecule has 0 radical (unpaired) electrons. The van der Waals surface area contributed by atoms with E-state index in [0.717, 1.165) is 22.1 Å².